The van der Waals surface area contributed by atoms with E-state index in [1.165, 1.54) is 12.1 Å². The van der Waals surface area contributed by atoms with Gasteiger partial charge in [-0.15, -0.1) is 0 Å². The minimum absolute atomic E-state index is 0.0132. The number of nitrogens with one attached hydrogen (secondary N) is 1. The van der Waals surface area contributed by atoms with E-state index >= 15 is 0 Å². The summed E-state index contributed by atoms with van der Waals surface area (Å²) in [5.41, 5.74) is 0.728. The smallest absolute Gasteiger partial charge is 0.229 e. The molecule has 0 aromatic heterocycles. The fraction of sp³-hybridized carbons (Fsp3) is 0.176. The topological polar surface area (TPSA) is 49.4 Å². The van der Waals surface area contributed by atoms with Crippen molar-refractivity contribution in [1.82, 2.24) is 0 Å². The van der Waals surface area contributed by atoms with Gasteiger partial charge in [0.1, 0.15) is 0 Å². The summed E-state index contributed by atoms with van der Waals surface area (Å²) in [6, 6.07) is 11.7. The fourth-order valence-corrected chi connectivity index (χ4v) is 3.30. The van der Waals surface area contributed by atoms with Gasteiger partial charge in [0.2, 0.25) is 11.8 Å². The number of hydrogen-bond acceptors (Lipinski definition) is 2. The van der Waals surface area contributed by atoms with Gasteiger partial charge in [-0.1, -0.05) is 29.8 Å². The van der Waals surface area contributed by atoms with Crippen molar-refractivity contribution in [3.8, 4) is 0 Å². The van der Waals surface area contributed by atoms with Gasteiger partial charge < -0.3 is 10.2 Å². The van der Waals surface area contributed by atoms with Gasteiger partial charge in [-0.3, -0.25) is 9.59 Å². The highest BCUT2D eigenvalue weighted by Crippen LogP contribution is 2.32. The zero-order valence-electron chi connectivity index (χ0n) is 12.4. The van der Waals surface area contributed by atoms with Crippen LogP contribution in [0, 0.1) is 11.7 Å². The van der Waals surface area contributed by atoms with Crippen LogP contribution in [0.1, 0.15) is 6.42 Å². The number of hydrogen-bond donors (Lipinski definition) is 1. The predicted molar refractivity (Wildman–Crippen MR) is 94.6 cm³/mol. The summed E-state index contributed by atoms with van der Waals surface area (Å²) in [5.74, 6) is -1.78. The number of anilines is 2. The molecule has 1 fully saturated rings. The first-order valence-corrected chi connectivity index (χ1v) is 8.44. The van der Waals surface area contributed by atoms with E-state index in [2.05, 4.69) is 21.2 Å². The normalized spacial score (nSPS) is 17.2. The van der Waals surface area contributed by atoms with Gasteiger partial charge in [-0.05, 0) is 40.2 Å². The highest BCUT2D eigenvalue weighted by Gasteiger charge is 2.36. The Hall–Kier alpha value is -1.92. The molecule has 7 heteroatoms. The quantitative estimate of drug-likeness (QED) is 0.821. The highest BCUT2D eigenvalue weighted by molar-refractivity contribution is 9.10. The second-order valence-corrected chi connectivity index (χ2v) is 6.71. The third-order valence-corrected chi connectivity index (χ3v) is 4.81. The number of para-hydroxylation sites is 1. The van der Waals surface area contributed by atoms with Crippen molar-refractivity contribution in [2.24, 2.45) is 5.92 Å². The Labute approximate surface area is 151 Å². The minimum atomic E-state index is -0.681. The van der Waals surface area contributed by atoms with Crippen LogP contribution in [0.5, 0.6) is 0 Å². The molecule has 0 bridgehead atoms. The molecule has 2 amide bonds. The van der Waals surface area contributed by atoms with E-state index in [1.807, 2.05) is 18.2 Å². The molecule has 0 radical (unpaired) electrons. The first-order valence-electron chi connectivity index (χ1n) is 7.27. The average Bonchev–Trinajstić information content (AvgIpc) is 2.94. The van der Waals surface area contributed by atoms with Gasteiger partial charge >= 0.3 is 0 Å². The molecule has 1 heterocycles. The van der Waals surface area contributed by atoms with Crippen LogP contribution >= 0.6 is 27.5 Å². The summed E-state index contributed by atoms with van der Waals surface area (Å²) >= 11 is 9.11. The van der Waals surface area contributed by atoms with Crippen LogP contribution in [0.4, 0.5) is 15.8 Å². The molecule has 1 saturated heterocycles. The van der Waals surface area contributed by atoms with E-state index in [0.29, 0.717) is 5.69 Å². The SMILES string of the molecule is O=C(Nc1cccc(Cl)c1F)C1CC(=O)N(c2ccccc2Br)C1. The van der Waals surface area contributed by atoms with E-state index in [1.54, 1.807) is 17.0 Å². The number of rotatable bonds is 3. The number of nitrogens with zero attached hydrogens (tertiary/aromatic N) is 1. The highest BCUT2D eigenvalue weighted by atomic mass is 79.9. The Morgan fingerprint density at radius 3 is 2.75 bits per heavy atom. The van der Waals surface area contributed by atoms with Crippen molar-refractivity contribution in [2.75, 3.05) is 16.8 Å². The fourth-order valence-electron chi connectivity index (χ4n) is 2.62. The summed E-state index contributed by atoms with van der Waals surface area (Å²) in [5, 5.41) is 2.45. The second-order valence-electron chi connectivity index (χ2n) is 5.45. The summed E-state index contributed by atoms with van der Waals surface area (Å²) < 4.78 is 14.7. The van der Waals surface area contributed by atoms with Crippen molar-refractivity contribution in [2.45, 2.75) is 6.42 Å². The lowest BCUT2D eigenvalue weighted by molar-refractivity contribution is -0.122. The van der Waals surface area contributed by atoms with Gasteiger partial charge in [-0.2, -0.15) is 0 Å². The molecule has 124 valence electrons. The van der Waals surface area contributed by atoms with Crippen LogP contribution in [0.25, 0.3) is 0 Å². The van der Waals surface area contributed by atoms with Crippen molar-refractivity contribution >= 4 is 50.7 Å². The standard InChI is InChI=1S/C17H13BrClFN2O2/c18-11-4-1-2-7-14(11)22-9-10(8-15(22)23)17(24)21-13-6-3-5-12(19)16(13)20/h1-7,10H,8-9H2,(H,21,24). The number of halogens is 3. The Kier molecular flexibility index (Phi) is 4.87. The molecule has 1 atom stereocenters. The van der Waals surface area contributed by atoms with Gasteiger partial charge in [0.15, 0.2) is 5.82 Å². The first kappa shape index (κ1) is 16.9. The van der Waals surface area contributed by atoms with Gasteiger partial charge in [0.25, 0.3) is 0 Å². The van der Waals surface area contributed by atoms with Gasteiger partial charge in [0, 0.05) is 17.4 Å². The minimum Gasteiger partial charge on any atom is -0.323 e. The van der Waals surface area contributed by atoms with Crippen LogP contribution in [-0.4, -0.2) is 18.4 Å². The monoisotopic (exact) mass is 410 g/mol. The predicted octanol–water partition coefficient (Wildman–Crippen LogP) is 4.23. The lowest BCUT2D eigenvalue weighted by Crippen LogP contribution is -2.28. The van der Waals surface area contributed by atoms with Crippen LogP contribution < -0.4 is 10.2 Å². The number of amides is 2. The Balaban J connectivity index is 1.75. The maximum Gasteiger partial charge on any atom is 0.229 e. The maximum absolute atomic E-state index is 13.9. The molecular weight excluding hydrogens is 399 g/mol. The van der Waals surface area contributed by atoms with Crippen LogP contribution in [0.3, 0.4) is 0 Å². The van der Waals surface area contributed by atoms with Gasteiger partial charge in [0.05, 0.1) is 22.3 Å². The second kappa shape index (κ2) is 6.91. The van der Waals surface area contributed by atoms with E-state index in [0.717, 1.165) is 4.47 Å². The van der Waals surface area contributed by atoms with E-state index in [-0.39, 0.29) is 29.6 Å². The zero-order valence-corrected chi connectivity index (χ0v) is 14.8. The van der Waals surface area contributed by atoms with Crippen molar-refractivity contribution < 1.29 is 14.0 Å². The maximum atomic E-state index is 13.9. The number of benzene rings is 2. The molecule has 2 aromatic carbocycles. The molecule has 0 spiro atoms. The molecule has 0 saturated carbocycles. The molecular formula is C17H13BrClFN2O2. The summed E-state index contributed by atoms with van der Waals surface area (Å²) in [7, 11) is 0. The molecule has 0 aliphatic carbocycles. The number of carbonyl (C=O) groups excluding carboxylic acids is 2. The van der Waals surface area contributed by atoms with E-state index in [9.17, 15) is 14.0 Å². The van der Waals surface area contributed by atoms with Crippen molar-refractivity contribution in [1.29, 1.82) is 0 Å². The Bertz CT molecular complexity index is 815. The molecule has 3 rings (SSSR count). The molecule has 2 aromatic rings. The molecule has 1 unspecified atom stereocenters. The van der Waals surface area contributed by atoms with E-state index < -0.39 is 17.6 Å². The van der Waals surface area contributed by atoms with E-state index in [4.69, 9.17) is 11.6 Å². The molecule has 1 aliphatic rings. The third kappa shape index (κ3) is 3.30. The Morgan fingerprint density at radius 1 is 1.25 bits per heavy atom. The number of carbonyl (C=O) groups is 2. The molecule has 4 nitrogen and oxygen atoms in total. The zero-order chi connectivity index (χ0) is 17.3. The summed E-state index contributed by atoms with van der Waals surface area (Å²) in [6.45, 7) is 0.246. The molecule has 1 aliphatic heterocycles. The molecule has 24 heavy (non-hydrogen) atoms. The molecule has 1 N–H and O–H groups in total. The van der Waals surface area contributed by atoms with Gasteiger partial charge in [-0.25, -0.2) is 4.39 Å². The van der Waals surface area contributed by atoms with Crippen LogP contribution in [0.15, 0.2) is 46.9 Å². The summed E-state index contributed by atoms with van der Waals surface area (Å²) in [4.78, 5) is 26.2. The average molecular weight is 412 g/mol. The first-order chi connectivity index (χ1) is 11.5. The lowest BCUT2D eigenvalue weighted by Gasteiger charge is -2.18. The summed E-state index contributed by atoms with van der Waals surface area (Å²) in [6.07, 6.45) is 0.0787. The van der Waals surface area contributed by atoms with Crippen LogP contribution in [-0.2, 0) is 9.59 Å². The van der Waals surface area contributed by atoms with Crippen LogP contribution in [0.2, 0.25) is 5.02 Å². The lowest BCUT2D eigenvalue weighted by atomic mass is 10.1. The van der Waals surface area contributed by atoms with Crippen molar-refractivity contribution in [3.05, 3.63) is 57.8 Å². The Morgan fingerprint density at radius 2 is 2.00 bits per heavy atom. The third-order valence-electron chi connectivity index (χ3n) is 3.85. The van der Waals surface area contributed by atoms with Crippen molar-refractivity contribution in [3.63, 3.8) is 0 Å². The largest absolute Gasteiger partial charge is 0.323 e.